The van der Waals surface area contributed by atoms with E-state index in [0.29, 0.717) is 5.69 Å². The van der Waals surface area contributed by atoms with Gasteiger partial charge in [-0.05, 0) is 12.5 Å². The highest BCUT2D eigenvalue weighted by Crippen LogP contribution is 2.14. The Morgan fingerprint density at radius 1 is 1.36 bits per heavy atom. The number of anilines is 1. The minimum absolute atomic E-state index is 0.0618. The van der Waals surface area contributed by atoms with E-state index in [2.05, 4.69) is 51.6 Å². The fourth-order valence-electron chi connectivity index (χ4n) is 2.83. The van der Waals surface area contributed by atoms with Crippen LogP contribution in [-0.4, -0.2) is 51.7 Å². The van der Waals surface area contributed by atoms with E-state index in [9.17, 15) is 4.79 Å². The maximum atomic E-state index is 12.3. The third kappa shape index (κ3) is 3.46. The number of piperazine rings is 1. The molecular weight excluding hydrogens is 278 g/mol. The summed E-state index contributed by atoms with van der Waals surface area (Å²) in [5.74, 6) is 0. The number of aromatic amines is 1. The number of nitrogens with one attached hydrogen (secondary N) is 2. The maximum Gasteiger partial charge on any atom is 0.322 e. The lowest BCUT2D eigenvalue weighted by molar-refractivity contribution is 0.104. The Balaban J connectivity index is 1.54. The minimum atomic E-state index is -0.0618. The van der Waals surface area contributed by atoms with Crippen molar-refractivity contribution < 1.29 is 4.79 Å². The number of H-pyrrole nitrogens is 1. The van der Waals surface area contributed by atoms with Gasteiger partial charge in [-0.25, -0.2) is 4.79 Å². The van der Waals surface area contributed by atoms with Crippen LogP contribution in [0.4, 0.5) is 10.5 Å². The molecule has 1 aromatic carbocycles. The molecule has 6 heteroatoms. The summed E-state index contributed by atoms with van der Waals surface area (Å²) in [6.45, 7) is 5.53. The first kappa shape index (κ1) is 14.6. The Hall–Kier alpha value is -2.34. The smallest absolute Gasteiger partial charge is 0.319 e. The Kier molecular flexibility index (Phi) is 4.39. The highest BCUT2D eigenvalue weighted by atomic mass is 16.2. The van der Waals surface area contributed by atoms with E-state index in [1.54, 1.807) is 12.4 Å². The van der Waals surface area contributed by atoms with Gasteiger partial charge in [0.1, 0.15) is 0 Å². The van der Waals surface area contributed by atoms with Crippen LogP contribution in [0.1, 0.15) is 12.5 Å². The average molecular weight is 299 g/mol. The van der Waals surface area contributed by atoms with Crippen molar-refractivity contribution in [1.29, 1.82) is 0 Å². The Morgan fingerprint density at radius 2 is 2.18 bits per heavy atom. The lowest BCUT2D eigenvalue weighted by Gasteiger charge is -2.39. The molecule has 6 nitrogen and oxygen atoms in total. The fourth-order valence-corrected chi connectivity index (χ4v) is 2.83. The van der Waals surface area contributed by atoms with Crippen LogP contribution < -0.4 is 5.32 Å². The zero-order chi connectivity index (χ0) is 15.4. The summed E-state index contributed by atoms with van der Waals surface area (Å²) in [5, 5.41) is 9.39. The number of carbonyl (C=O) groups excluding carboxylic acids is 1. The first-order valence-electron chi connectivity index (χ1n) is 7.55. The number of urea groups is 1. The number of hydrogen-bond donors (Lipinski definition) is 2. The van der Waals surface area contributed by atoms with Crippen LogP contribution in [0.2, 0.25) is 0 Å². The SMILES string of the molecule is C[C@@H]1CN(Cc2ccccc2)CCN1C(=O)Nc1cn[nH]c1. The van der Waals surface area contributed by atoms with E-state index < -0.39 is 0 Å². The normalized spacial score (nSPS) is 19.1. The summed E-state index contributed by atoms with van der Waals surface area (Å²) in [6, 6.07) is 10.6. The van der Waals surface area contributed by atoms with Gasteiger partial charge in [-0.15, -0.1) is 0 Å². The minimum Gasteiger partial charge on any atom is -0.319 e. The third-order valence-corrected chi connectivity index (χ3v) is 3.97. The van der Waals surface area contributed by atoms with Crippen molar-refractivity contribution in [3.05, 3.63) is 48.3 Å². The number of carbonyl (C=O) groups is 1. The van der Waals surface area contributed by atoms with Crippen molar-refractivity contribution in [3.63, 3.8) is 0 Å². The van der Waals surface area contributed by atoms with E-state index in [0.717, 1.165) is 26.2 Å². The number of rotatable bonds is 3. The van der Waals surface area contributed by atoms with Crippen molar-refractivity contribution in [1.82, 2.24) is 20.0 Å². The molecule has 0 radical (unpaired) electrons. The number of amides is 2. The third-order valence-electron chi connectivity index (χ3n) is 3.97. The van der Waals surface area contributed by atoms with Crippen molar-refractivity contribution in [2.75, 3.05) is 25.0 Å². The summed E-state index contributed by atoms with van der Waals surface area (Å²) in [4.78, 5) is 16.6. The van der Waals surface area contributed by atoms with E-state index in [4.69, 9.17) is 0 Å². The predicted molar refractivity (Wildman–Crippen MR) is 85.5 cm³/mol. The Bertz CT molecular complexity index is 598. The molecule has 116 valence electrons. The molecule has 2 heterocycles. The number of benzene rings is 1. The van der Waals surface area contributed by atoms with Gasteiger partial charge in [-0.1, -0.05) is 30.3 Å². The van der Waals surface area contributed by atoms with E-state index in [-0.39, 0.29) is 12.1 Å². The van der Waals surface area contributed by atoms with Crippen LogP contribution >= 0.6 is 0 Å². The van der Waals surface area contributed by atoms with Crippen LogP contribution in [0, 0.1) is 0 Å². The topological polar surface area (TPSA) is 64.3 Å². The van der Waals surface area contributed by atoms with Gasteiger partial charge in [-0.3, -0.25) is 10.00 Å². The zero-order valence-electron chi connectivity index (χ0n) is 12.7. The molecule has 1 aliphatic heterocycles. The first-order valence-corrected chi connectivity index (χ1v) is 7.55. The highest BCUT2D eigenvalue weighted by molar-refractivity contribution is 5.89. The number of nitrogens with zero attached hydrogens (tertiary/aromatic N) is 3. The van der Waals surface area contributed by atoms with Gasteiger partial charge in [0.15, 0.2) is 0 Å². The molecule has 22 heavy (non-hydrogen) atoms. The van der Waals surface area contributed by atoms with Crippen LogP contribution in [0.15, 0.2) is 42.7 Å². The van der Waals surface area contributed by atoms with Gasteiger partial charge >= 0.3 is 6.03 Å². The molecule has 0 spiro atoms. The van der Waals surface area contributed by atoms with E-state index in [1.165, 1.54) is 5.56 Å². The largest absolute Gasteiger partial charge is 0.322 e. The Labute approximate surface area is 130 Å². The second-order valence-corrected chi connectivity index (χ2v) is 5.68. The van der Waals surface area contributed by atoms with Crippen LogP contribution in [0.3, 0.4) is 0 Å². The molecule has 0 bridgehead atoms. The molecule has 3 rings (SSSR count). The van der Waals surface area contributed by atoms with Crippen molar-refractivity contribution in [2.45, 2.75) is 19.5 Å². The fraction of sp³-hybridized carbons (Fsp3) is 0.375. The highest BCUT2D eigenvalue weighted by Gasteiger charge is 2.27. The number of aromatic nitrogens is 2. The van der Waals surface area contributed by atoms with Crippen LogP contribution in [-0.2, 0) is 6.54 Å². The molecule has 1 aliphatic rings. The lowest BCUT2D eigenvalue weighted by atomic mass is 10.1. The van der Waals surface area contributed by atoms with Gasteiger partial charge in [0.2, 0.25) is 0 Å². The molecule has 1 aromatic heterocycles. The van der Waals surface area contributed by atoms with Gasteiger partial charge in [0.25, 0.3) is 0 Å². The Morgan fingerprint density at radius 3 is 2.86 bits per heavy atom. The standard InChI is InChI=1S/C16H21N5O/c1-13-11-20(12-14-5-3-2-4-6-14)7-8-21(13)16(22)19-15-9-17-18-10-15/h2-6,9-10,13H,7-8,11-12H2,1H3,(H,17,18)(H,19,22)/t13-/m1/s1. The average Bonchev–Trinajstić information content (AvgIpc) is 3.01. The second-order valence-electron chi connectivity index (χ2n) is 5.68. The lowest BCUT2D eigenvalue weighted by Crippen LogP contribution is -2.54. The van der Waals surface area contributed by atoms with E-state index in [1.807, 2.05) is 11.0 Å². The molecule has 1 fully saturated rings. The molecule has 0 unspecified atom stereocenters. The molecule has 2 N–H and O–H groups in total. The predicted octanol–water partition coefficient (Wildman–Crippen LogP) is 2.15. The summed E-state index contributed by atoms with van der Waals surface area (Å²) in [6.07, 6.45) is 3.28. The maximum absolute atomic E-state index is 12.3. The van der Waals surface area contributed by atoms with Gasteiger partial charge in [0.05, 0.1) is 11.9 Å². The van der Waals surface area contributed by atoms with Crippen molar-refractivity contribution in [3.8, 4) is 0 Å². The van der Waals surface area contributed by atoms with Gasteiger partial charge in [-0.2, -0.15) is 5.10 Å². The van der Waals surface area contributed by atoms with Gasteiger partial charge in [0, 0.05) is 38.4 Å². The summed E-state index contributed by atoms with van der Waals surface area (Å²) >= 11 is 0. The molecule has 0 saturated carbocycles. The van der Waals surface area contributed by atoms with Crippen molar-refractivity contribution >= 4 is 11.7 Å². The van der Waals surface area contributed by atoms with Gasteiger partial charge < -0.3 is 10.2 Å². The molecule has 1 saturated heterocycles. The molecule has 1 atom stereocenters. The second kappa shape index (κ2) is 6.62. The molecule has 2 aromatic rings. The molecule has 2 amide bonds. The molecule has 0 aliphatic carbocycles. The van der Waals surface area contributed by atoms with Crippen LogP contribution in [0.5, 0.6) is 0 Å². The monoisotopic (exact) mass is 299 g/mol. The first-order chi connectivity index (χ1) is 10.7. The zero-order valence-corrected chi connectivity index (χ0v) is 12.7. The van der Waals surface area contributed by atoms with Crippen molar-refractivity contribution in [2.24, 2.45) is 0 Å². The quantitative estimate of drug-likeness (QED) is 0.912. The van der Waals surface area contributed by atoms with E-state index >= 15 is 0 Å². The summed E-state index contributed by atoms with van der Waals surface area (Å²) < 4.78 is 0. The number of hydrogen-bond acceptors (Lipinski definition) is 3. The summed E-state index contributed by atoms with van der Waals surface area (Å²) in [5.41, 5.74) is 2.01. The molecular formula is C16H21N5O. The summed E-state index contributed by atoms with van der Waals surface area (Å²) in [7, 11) is 0. The van der Waals surface area contributed by atoms with Crippen LogP contribution in [0.25, 0.3) is 0 Å².